The lowest BCUT2D eigenvalue weighted by atomic mass is 11.5. The first-order valence-electron chi connectivity index (χ1n) is 2.32. The topological polar surface area (TPSA) is 26.3 Å². The minimum absolute atomic E-state index is 0.507. The van der Waals surface area contributed by atoms with Gasteiger partial charge in [0.25, 0.3) is 6.47 Å². The van der Waals surface area contributed by atoms with Crippen molar-refractivity contribution in [1.82, 2.24) is 0 Å². The molecule has 0 amide bonds. The molecule has 0 aromatic heterocycles. The molecule has 0 atom stereocenters. The number of carbonyl (C=O) groups is 1. The molecular weight excluding hydrogens is 108 g/mol. The lowest BCUT2D eigenvalue weighted by molar-refractivity contribution is -0.127. The Morgan fingerprint density at radius 3 is 2.43 bits per heavy atom. The smallest absolute Gasteiger partial charge is 0.292 e. The summed E-state index contributed by atoms with van der Waals surface area (Å²) in [5.41, 5.74) is 0. The van der Waals surface area contributed by atoms with Gasteiger partial charge in [0, 0.05) is 0 Å². The Labute approximate surface area is 45.1 Å². The van der Waals surface area contributed by atoms with E-state index in [1.54, 1.807) is 0 Å². The van der Waals surface area contributed by atoms with Gasteiger partial charge < -0.3 is 4.74 Å². The third-order valence-corrected chi connectivity index (χ3v) is 1.36. The van der Waals surface area contributed by atoms with E-state index >= 15 is 0 Å². The average molecular weight is 118 g/mol. The van der Waals surface area contributed by atoms with Crippen molar-refractivity contribution < 1.29 is 9.53 Å². The van der Waals surface area contributed by atoms with Gasteiger partial charge in [-0.15, -0.1) is 0 Å². The molecular formula is C4H10O2Si. The summed E-state index contributed by atoms with van der Waals surface area (Å²) in [5, 5.41) is 0. The van der Waals surface area contributed by atoms with Gasteiger partial charge in [-0.25, -0.2) is 0 Å². The summed E-state index contributed by atoms with van der Waals surface area (Å²) in [6, 6.07) is 0. The van der Waals surface area contributed by atoms with Gasteiger partial charge in [-0.05, 0) is 0 Å². The highest BCUT2D eigenvalue weighted by Gasteiger charge is 1.91. The summed E-state index contributed by atoms with van der Waals surface area (Å²) in [6.45, 7) is 4.76. The normalized spacial score (nSPS) is 9.00. The molecule has 0 aromatic rings. The third kappa shape index (κ3) is 5.69. The molecule has 0 saturated heterocycles. The molecule has 3 heteroatoms. The molecule has 0 aliphatic carbocycles. The zero-order chi connectivity index (χ0) is 5.70. The molecule has 0 spiro atoms. The van der Waals surface area contributed by atoms with Crippen molar-refractivity contribution in [2.45, 2.75) is 13.1 Å². The van der Waals surface area contributed by atoms with Crippen molar-refractivity contribution in [3.05, 3.63) is 0 Å². The summed E-state index contributed by atoms with van der Waals surface area (Å²) in [6.07, 6.45) is 0.670. The van der Waals surface area contributed by atoms with E-state index in [4.69, 9.17) is 0 Å². The molecule has 0 rings (SSSR count). The van der Waals surface area contributed by atoms with Crippen molar-refractivity contribution in [1.29, 1.82) is 0 Å². The van der Waals surface area contributed by atoms with Crippen molar-refractivity contribution in [2.75, 3.05) is 6.23 Å². The van der Waals surface area contributed by atoms with Crippen LogP contribution in [-0.2, 0) is 9.53 Å². The van der Waals surface area contributed by atoms with Crippen molar-refractivity contribution in [3.63, 3.8) is 0 Å². The van der Waals surface area contributed by atoms with Crippen LogP contribution in [0.1, 0.15) is 0 Å². The molecule has 0 N–H and O–H groups in total. The molecule has 0 aliphatic heterocycles. The predicted molar refractivity (Wildman–Crippen MR) is 30.9 cm³/mol. The SMILES string of the molecule is C[SiH](C)COC=O. The van der Waals surface area contributed by atoms with Gasteiger partial charge in [-0.3, -0.25) is 4.79 Å². The van der Waals surface area contributed by atoms with Crippen LogP contribution in [0.25, 0.3) is 0 Å². The summed E-state index contributed by atoms with van der Waals surface area (Å²) in [7, 11) is -0.642. The Hall–Kier alpha value is -0.313. The van der Waals surface area contributed by atoms with Crippen LogP contribution >= 0.6 is 0 Å². The maximum atomic E-state index is 9.51. The second kappa shape index (κ2) is 3.86. The van der Waals surface area contributed by atoms with Crippen LogP contribution in [0.4, 0.5) is 0 Å². The second-order valence-electron chi connectivity index (χ2n) is 1.82. The molecule has 0 aliphatic rings. The molecule has 42 valence electrons. The first kappa shape index (κ1) is 6.69. The third-order valence-electron chi connectivity index (χ3n) is 0.498. The molecule has 0 aromatic carbocycles. The van der Waals surface area contributed by atoms with Crippen molar-refractivity contribution in [2.24, 2.45) is 0 Å². The fraction of sp³-hybridized carbons (Fsp3) is 0.750. The number of rotatable bonds is 3. The first-order valence-corrected chi connectivity index (χ1v) is 5.45. The van der Waals surface area contributed by atoms with Gasteiger partial charge in [0.15, 0.2) is 0 Å². The molecule has 0 unspecified atom stereocenters. The Morgan fingerprint density at radius 2 is 2.29 bits per heavy atom. The number of carbonyl (C=O) groups excluding carboxylic acids is 1. The van der Waals surface area contributed by atoms with Crippen LogP contribution in [0.3, 0.4) is 0 Å². The van der Waals surface area contributed by atoms with Gasteiger partial charge >= 0.3 is 0 Å². The average Bonchev–Trinajstić information content (AvgIpc) is 1.61. The zero-order valence-corrected chi connectivity index (χ0v) is 5.83. The second-order valence-corrected chi connectivity index (χ2v) is 4.94. The summed E-state index contributed by atoms with van der Waals surface area (Å²) >= 11 is 0. The quantitative estimate of drug-likeness (QED) is 0.390. The maximum Gasteiger partial charge on any atom is 0.292 e. The van der Waals surface area contributed by atoms with Crippen LogP contribution in [0.5, 0.6) is 0 Å². The van der Waals surface area contributed by atoms with Gasteiger partial charge in [0.2, 0.25) is 0 Å². The van der Waals surface area contributed by atoms with Gasteiger partial charge in [0.05, 0.1) is 15.0 Å². The van der Waals surface area contributed by atoms with E-state index in [1.807, 2.05) is 0 Å². The van der Waals surface area contributed by atoms with Crippen LogP contribution in [0, 0.1) is 0 Å². The minimum atomic E-state index is -0.642. The Bertz CT molecular complexity index is 53.7. The number of ether oxygens (including phenoxy) is 1. The minimum Gasteiger partial charge on any atom is -0.472 e. The highest BCUT2D eigenvalue weighted by atomic mass is 28.3. The standard InChI is InChI=1S/C4H10O2Si/c1-7(2)4-6-3-5/h3,7H,4H2,1-2H3. The monoisotopic (exact) mass is 118 g/mol. The Balaban J connectivity index is 2.81. The van der Waals surface area contributed by atoms with Crippen molar-refractivity contribution in [3.8, 4) is 0 Å². The lowest BCUT2D eigenvalue weighted by Crippen LogP contribution is -2.10. The lowest BCUT2D eigenvalue weighted by Gasteiger charge is -1.96. The molecule has 2 nitrogen and oxygen atoms in total. The van der Waals surface area contributed by atoms with Crippen LogP contribution in [0.2, 0.25) is 13.1 Å². The van der Waals surface area contributed by atoms with E-state index in [1.165, 1.54) is 0 Å². The molecule has 0 radical (unpaired) electrons. The Kier molecular flexibility index (Phi) is 3.69. The number of hydrogen-bond acceptors (Lipinski definition) is 2. The van der Waals surface area contributed by atoms with Gasteiger partial charge in [0.1, 0.15) is 0 Å². The van der Waals surface area contributed by atoms with E-state index in [0.717, 1.165) is 0 Å². The van der Waals surface area contributed by atoms with E-state index < -0.39 is 8.80 Å². The zero-order valence-electron chi connectivity index (χ0n) is 4.68. The fourth-order valence-corrected chi connectivity index (χ4v) is 0.695. The summed E-state index contributed by atoms with van der Waals surface area (Å²) in [4.78, 5) is 9.51. The highest BCUT2D eigenvalue weighted by Crippen LogP contribution is 1.76. The van der Waals surface area contributed by atoms with Crippen LogP contribution in [0.15, 0.2) is 0 Å². The van der Waals surface area contributed by atoms with Crippen LogP contribution in [-0.4, -0.2) is 21.5 Å². The van der Waals surface area contributed by atoms with Gasteiger partial charge in [-0.2, -0.15) is 0 Å². The van der Waals surface area contributed by atoms with E-state index in [0.29, 0.717) is 12.7 Å². The molecule has 0 saturated carbocycles. The number of hydrogen-bond donors (Lipinski definition) is 0. The molecule has 0 fully saturated rings. The summed E-state index contributed by atoms with van der Waals surface area (Å²) in [5.74, 6) is 0. The van der Waals surface area contributed by atoms with E-state index in [-0.39, 0.29) is 0 Å². The predicted octanol–water partition coefficient (Wildman–Crippen LogP) is 0.185. The van der Waals surface area contributed by atoms with E-state index in [2.05, 4.69) is 17.8 Å². The Morgan fingerprint density at radius 1 is 1.71 bits per heavy atom. The highest BCUT2D eigenvalue weighted by molar-refractivity contribution is 6.55. The van der Waals surface area contributed by atoms with E-state index in [9.17, 15) is 4.79 Å². The van der Waals surface area contributed by atoms with Crippen LogP contribution < -0.4 is 0 Å². The maximum absolute atomic E-state index is 9.51. The largest absolute Gasteiger partial charge is 0.472 e. The van der Waals surface area contributed by atoms with Gasteiger partial charge in [-0.1, -0.05) is 13.1 Å². The molecule has 0 bridgehead atoms. The molecule has 0 heterocycles. The molecule has 7 heavy (non-hydrogen) atoms. The van der Waals surface area contributed by atoms with Crippen molar-refractivity contribution >= 4 is 15.3 Å². The first-order chi connectivity index (χ1) is 3.27. The fourth-order valence-electron chi connectivity index (χ4n) is 0.232. The summed E-state index contributed by atoms with van der Waals surface area (Å²) < 4.78 is 4.48.